The number of nitrogens with zero attached hydrogens (tertiary/aromatic N) is 3. The first kappa shape index (κ1) is 88.5. The number of guanidine groups is 1. The largest absolute Gasteiger partial charge is 0.481 e. The molecule has 0 spiro atoms. The number of aromatic nitrogens is 2. The Balaban J connectivity index is 1.22. The van der Waals surface area contributed by atoms with Crippen molar-refractivity contribution in [3.63, 3.8) is 0 Å². The first-order valence-corrected chi connectivity index (χ1v) is 38.8. The average Bonchev–Trinajstić information content (AvgIpc) is 1.66. The van der Waals surface area contributed by atoms with Gasteiger partial charge in [-0.05, 0) is 74.1 Å². The molecule has 113 heavy (non-hydrogen) atoms. The predicted molar refractivity (Wildman–Crippen MR) is 407 cm³/mol. The van der Waals surface area contributed by atoms with Crippen LogP contribution in [0.3, 0.4) is 0 Å². The van der Waals surface area contributed by atoms with Crippen LogP contribution in [0, 0.1) is 5.41 Å². The van der Waals surface area contributed by atoms with Gasteiger partial charge in [-0.2, -0.15) is 23.5 Å². The van der Waals surface area contributed by atoms with Crippen molar-refractivity contribution in [2.45, 2.75) is 187 Å². The van der Waals surface area contributed by atoms with Crippen LogP contribution < -0.4 is 70.0 Å². The molecule has 7 rings (SSSR count). The van der Waals surface area contributed by atoms with E-state index >= 15 is 9.59 Å². The van der Waals surface area contributed by atoms with E-state index in [1.807, 2.05) is 6.07 Å². The van der Waals surface area contributed by atoms with Crippen LogP contribution in [-0.2, 0) is 107 Å². The quantitative estimate of drug-likeness (QED) is 0.0136. The number of benzene rings is 3. The molecule has 0 aliphatic carbocycles. The maximum Gasteiger partial charge on any atom is 0.305 e. The van der Waals surface area contributed by atoms with Crippen LogP contribution in [0.5, 0.6) is 0 Å². The van der Waals surface area contributed by atoms with Crippen molar-refractivity contribution in [1.29, 1.82) is 5.41 Å². The SMILES string of the molecule is CC(=O)N[C@H]1CSCc2cccc(c2)CSC[C@@H](C(=O)N[C@@H](CC(=O)O)C(=O)N[C@@H](Cc2c[nH]cn2)C(=O)N[C@@H](Cc2ccccc2)C(=O)N[C@@H](CCCNC(=N)N)C(=O)N[C@@H](CC(=O)O)C(N)=O)NC(=O)[C@H](Cc2ccccc2)NC(=O)[C@H](CCC(=O)O)NC(=O)[C@H]([C@@H](C)O)NC(=O)[C@@H]2CCCN2C(=O)[C@@H]2CCCN2C1=O. The number of imidazole rings is 1. The van der Waals surface area contributed by atoms with Crippen LogP contribution in [0.15, 0.2) is 97.5 Å². The second-order valence-corrected chi connectivity index (χ2v) is 29.4. The first-order valence-electron chi connectivity index (χ1n) is 36.4. The minimum atomic E-state index is -2.09. The molecule has 3 aliphatic rings. The Morgan fingerprint density at radius 2 is 1.16 bits per heavy atom. The molecular weight excluding hydrogens is 1510 g/mol. The van der Waals surface area contributed by atoms with E-state index in [9.17, 15) is 87.5 Å². The van der Waals surface area contributed by atoms with Crippen molar-refractivity contribution in [1.82, 2.24) is 78.3 Å². The number of aliphatic hydroxyl groups excluding tert-OH is 1. The summed E-state index contributed by atoms with van der Waals surface area (Å²) in [6.07, 6.45) is -2.82. The number of rotatable bonds is 30. The molecule has 40 heteroatoms. The van der Waals surface area contributed by atoms with Gasteiger partial charge in [0.05, 0.1) is 31.0 Å². The van der Waals surface area contributed by atoms with Crippen molar-refractivity contribution in [2.24, 2.45) is 11.5 Å². The number of amides is 13. The van der Waals surface area contributed by atoms with Crippen molar-refractivity contribution in [2.75, 3.05) is 31.1 Å². The molecule has 0 saturated carbocycles. The van der Waals surface area contributed by atoms with Crippen LogP contribution in [-0.4, -0.2) is 251 Å². The Bertz CT molecular complexity index is 4070. The minimum absolute atomic E-state index is 0.00475. The third kappa shape index (κ3) is 28.2. The highest BCUT2D eigenvalue weighted by Gasteiger charge is 2.45. The van der Waals surface area contributed by atoms with Gasteiger partial charge in [-0.15, -0.1) is 0 Å². The van der Waals surface area contributed by atoms with Crippen LogP contribution in [0.25, 0.3) is 0 Å². The summed E-state index contributed by atoms with van der Waals surface area (Å²) in [5.74, 6) is -17.8. The van der Waals surface area contributed by atoms with Crippen LogP contribution >= 0.6 is 23.5 Å². The summed E-state index contributed by atoms with van der Waals surface area (Å²) >= 11 is 2.37. The van der Waals surface area contributed by atoms with Gasteiger partial charge in [-0.1, -0.05) is 84.9 Å². The zero-order valence-corrected chi connectivity index (χ0v) is 63.7. The second kappa shape index (κ2) is 43.8. The molecule has 610 valence electrons. The molecule has 1 aromatic heterocycles. The molecule has 3 aliphatic heterocycles. The van der Waals surface area contributed by atoms with Gasteiger partial charge < -0.3 is 105 Å². The predicted octanol–water partition coefficient (Wildman–Crippen LogP) is -3.59. The van der Waals surface area contributed by atoms with Crippen LogP contribution in [0.4, 0.5) is 0 Å². The standard InChI is InChI=1S/C73H96N18O20S2/c1-39(92)60-70(109)82-47(22-23-57(94)95)63(102)84-50(29-42-15-7-4-8-16-42)65(104)88-53(36-112-34-43-17-9-18-44(27-43)35-113-37-54(80-40(2)93)71(110)91-26-12-21-56(91)72(111)90-25-11-20-55(90)69(108)89-60)68(107)87-52(32-59(98)99)67(106)86-51(30-45-33-77-38-79-45)66(105)85-49(28-41-13-5-3-6-14-41)64(103)81-46(19-10-24-78-73(75)76)62(101)83-48(61(74)100)31-58(96)97/h3-9,13-18,27,33,38-39,46-56,60,92H,10-12,19-26,28-32,34-37H2,1-2H3,(H2,74,100)(H,77,79)(H,80,93)(H,81,103)(H,82,109)(H,83,101)(H,84,102)(H,85,105)(H,86,106)(H,87,107)(H,88,104)(H,89,108)(H,94,95)(H,96,97)(H,98,99)(H4,75,76,78)/t39-,46+,47+,48+,49+,50+,51+,52+,53+,54+,55+,56+,60+/m1/s1. The smallest absolute Gasteiger partial charge is 0.305 e. The lowest BCUT2D eigenvalue weighted by atomic mass is 10.0. The molecule has 21 N–H and O–H groups in total. The zero-order chi connectivity index (χ0) is 82.4. The molecule has 38 nitrogen and oxygen atoms in total. The number of aromatic amines is 1. The number of hydrogen-bond donors (Lipinski definition) is 19. The lowest BCUT2D eigenvalue weighted by Gasteiger charge is -2.33. The van der Waals surface area contributed by atoms with E-state index in [2.05, 4.69) is 68.5 Å². The Morgan fingerprint density at radius 3 is 1.74 bits per heavy atom. The highest BCUT2D eigenvalue weighted by atomic mass is 32.2. The Hall–Kier alpha value is -11.7. The number of primary amides is 1. The number of H-pyrrole nitrogens is 1. The summed E-state index contributed by atoms with van der Waals surface area (Å²) in [6, 6.07) is 4.05. The molecule has 2 fully saturated rings. The van der Waals surface area contributed by atoms with Crippen molar-refractivity contribution < 1.29 is 97.1 Å². The lowest BCUT2D eigenvalue weighted by Crippen LogP contribution is -2.62. The van der Waals surface area contributed by atoms with Gasteiger partial charge in [0.1, 0.15) is 72.5 Å². The van der Waals surface area contributed by atoms with Gasteiger partial charge in [0.2, 0.25) is 76.8 Å². The van der Waals surface area contributed by atoms with Gasteiger partial charge in [-0.25, -0.2) is 4.98 Å². The van der Waals surface area contributed by atoms with Gasteiger partial charge in [0, 0.05) is 81.4 Å². The van der Waals surface area contributed by atoms with Gasteiger partial charge in [0.25, 0.3) is 0 Å². The number of carbonyl (C=O) groups is 16. The highest BCUT2D eigenvalue weighted by Crippen LogP contribution is 2.28. The fourth-order valence-electron chi connectivity index (χ4n) is 12.9. The molecular formula is C73H96N18O20S2. The normalized spacial score (nSPS) is 21.1. The number of fused-ring (bicyclic) bond motifs is 4. The zero-order valence-electron chi connectivity index (χ0n) is 62.0. The maximum atomic E-state index is 15.1. The fraction of sp³-hybridized carbons (Fsp3) is 0.479. The topological polar surface area (TPSA) is 597 Å². The number of carboxylic acid groups (broad SMARTS) is 3. The highest BCUT2D eigenvalue weighted by molar-refractivity contribution is 7.98. The number of carbonyl (C=O) groups excluding carboxylic acids is 13. The summed E-state index contributed by atoms with van der Waals surface area (Å²) in [4.78, 5) is 232. The number of aliphatic hydroxyl groups is 1. The molecule has 3 aromatic carbocycles. The molecule has 4 heterocycles. The molecule has 0 radical (unpaired) electrons. The summed E-state index contributed by atoms with van der Waals surface area (Å²) in [5, 5.41) is 75.9. The number of aliphatic carboxylic acids is 3. The Morgan fingerprint density at radius 1 is 0.611 bits per heavy atom. The van der Waals surface area contributed by atoms with E-state index in [0.29, 0.717) is 29.5 Å². The summed E-state index contributed by atoms with van der Waals surface area (Å²) < 4.78 is 0. The van der Waals surface area contributed by atoms with Gasteiger partial charge in [0.15, 0.2) is 5.96 Å². The number of nitrogens with two attached hydrogens (primary N) is 2. The Kier molecular flexibility index (Phi) is 34.3. The van der Waals surface area contributed by atoms with E-state index in [1.165, 1.54) is 41.0 Å². The molecule has 13 atom stereocenters. The number of carboxylic acids is 3. The monoisotopic (exact) mass is 1610 g/mol. The molecule has 2 saturated heterocycles. The van der Waals surface area contributed by atoms with E-state index in [-0.39, 0.29) is 86.9 Å². The molecule has 13 amide bonds. The van der Waals surface area contributed by atoms with Crippen molar-refractivity contribution in [3.8, 4) is 0 Å². The number of thioether (sulfide) groups is 2. The van der Waals surface area contributed by atoms with E-state index in [0.717, 1.165) is 24.2 Å². The first-order chi connectivity index (χ1) is 53.8. The number of nitrogens with one attached hydrogen (secondary N) is 13. The molecule has 2 bridgehead atoms. The lowest BCUT2D eigenvalue weighted by molar-refractivity contribution is -0.148. The third-order valence-corrected chi connectivity index (χ3v) is 20.7. The average molecular weight is 1610 g/mol. The van der Waals surface area contributed by atoms with E-state index in [1.54, 1.807) is 78.9 Å². The van der Waals surface area contributed by atoms with E-state index in [4.69, 9.17) is 16.9 Å². The van der Waals surface area contributed by atoms with Gasteiger partial charge >= 0.3 is 17.9 Å². The van der Waals surface area contributed by atoms with Crippen LogP contribution in [0.2, 0.25) is 0 Å². The molecule has 4 aromatic rings. The summed E-state index contributed by atoms with van der Waals surface area (Å²) in [7, 11) is 0. The van der Waals surface area contributed by atoms with E-state index < -0.39 is 211 Å². The van der Waals surface area contributed by atoms with Gasteiger partial charge in [-0.3, -0.25) is 82.1 Å². The maximum absolute atomic E-state index is 15.1. The third-order valence-electron chi connectivity index (χ3n) is 18.5. The minimum Gasteiger partial charge on any atom is -0.481 e. The number of hydrogen-bond acceptors (Lipinski definition) is 21. The fourth-order valence-corrected chi connectivity index (χ4v) is 14.9. The van der Waals surface area contributed by atoms with Crippen LogP contribution in [0.1, 0.15) is 106 Å². The summed E-state index contributed by atoms with van der Waals surface area (Å²) in [6.45, 7) is 2.63. The van der Waals surface area contributed by atoms with Crippen molar-refractivity contribution >= 4 is 124 Å². The second-order valence-electron chi connectivity index (χ2n) is 27.4. The van der Waals surface area contributed by atoms with Crippen molar-refractivity contribution in [3.05, 3.63) is 125 Å². The Labute approximate surface area is 657 Å². The molecule has 0 unspecified atom stereocenters. The summed E-state index contributed by atoms with van der Waals surface area (Å²) in [5.41, 5.74) is 13.3.